The summed E-state index contributed by atoms with van der Waals surface area (Å²) < 4.78 is 0. The Morgan fingerprint density at radius 1 is 1.14 bits per heavy atom. The molecule has 0 aromatic heterocycles. The third kappa shape index (κ3) is 1.79. The minimum atomic E-state index is 0.234. The Hall–Kier alpha value is -0.850. The first kappa shape index (κ1) is 13.8. The Morgan fingerprint density at radius 2 is 1.95 bits per heavy atom. The van der Waals surface area contributed by atoms with Crippen molar-refractivity contribution in [2.75, 3.05) is 0 Å². The molecule has 0 spiro atoms. The molecule has 0 bridgehead atoms. The van der Waals surface area contributed by atoms with Crippen molar-refractivity contribution in [2.24, 2.45) is 28.6 Å². The smallest absolute Gasteiger partial charge is 0.156 e. The van der Waals surface area contributed by atoms with E-state index in [2.05, 4.69) is 20.4 Å². The van der Waals surface area contributed by atoms with Crippen molar-refractivity contribution >= 4 is 5.78 Å². The lowest BCUT2D eigenvalue weighted by atomic mass is 9.47. The van der Waals surface area contributed by atoms with Gasteiger partial charge in [0.05, 0.1) is 0 Å². The average Bonchev–Trinajstić information content (AvgIpc) is 2.83. The number of hydrogen-bond acceptors (Lipinski definition) is 1. The van der Waals surface area contributed by atoms with E-state index >= 15 is 0 Å². The Labute approximate surface area is 128 Å². The highest BCUT2D eigenvalue weighted by Gasteiger charge is 2.56. The molecule has 114 valence electrons. The highest BCUT2D eigenvalue weighted by atomic mass is 16.1. The largest absolute Gasteiger partial charge is 0.295 e. The first-order chi connectivity index (χ1) is 9.94. The molecule has 0 N–H and O–H groups in total. The van der Waals surface area contributed by atoms with Gasteiger partial charge in [-0.2, -0.15) is 0 Å². The van der Waals surface area contributed by atoms with Gasteiger partial charge < -0.3 is 0 Å². The van der Waals surface area contributed by atoms with Crippen LogP contribution in [0, 0.1) is 28.6 Å². The highest BCUT2D eigenvalue weighted by Crippen LogP contribution is 2.65. The second-order valence-corrected chi connectivity index (χ2v) is 8.71. The molecule has 0 radical (unpaired) electrons. The maximum atomic E-state index is 11.9. The Bertz CT molecular complexity index is 542. The summed E-state index contributed by atoms with van der Waals surface area (Å²) in [5.74, 6) is 2.85. The van der Waals surface area contributed by atoms with E-state index in [4.69, 9.17) is 0 Å². The zero-order valence-electron chi connectivity index (χ0n) is 13.6. The van der Waals surface area contributed by atoms with E-state index in [0.717, 1.165) is 37.0 Å². The second kappa shape index (κ2) is 4.33. The molecule has 0 heterocycles. The van der Waals surface area contributed by atoms with Crippen molar-refractivity contribution in [3.8, 4) is 0 Å². The first-order valence-electron chi connectivity index (χ1n) is 8.87. The molecule has 0 aromatic rings. The van der Waals surface area contributed by atoms with Crippen LogP contribution < -0.4 is 0 Å². The molecule has 21 heavy (non-hydrogen) atoms. The van der Waals surface area contributed by atoms with Gasteiger partial charge in [0.15, 0.2) is 5.78 Å². The summed E-state index contributed by atoms with van der Waals surface area (Å²) in [6, 6.07) is 0. The lowest BCUT2D eigenvalue weighted by Gasteiger charge is -2.57. The lowest BCUT2D eigenvalue weighted by molar-refractivity contribution is -0.117. The van der Waals surface area contributed by atoms with E-state index in [0.29, 0.717) is 11.2 Å². The van der Waals surface area contributed by atoms with Crippen LogP contribution >= 0.6 is 0 Å². The molecule has 5 atom stereocenters. The predicted molar refractivity (Wildman–Crippen MR) is 85.9 cm³/mol. The molecule has 1 heteroatoms. The lowest BCUT2D eigenvalue weighted by Crippen LogP contribution is -2.49. The number of carbonyl (C=O) groups is 1. The van der Waals surface area contributed by atoms with Gasteiger partial charge in [-0.3, -0.25) is 4.79 Å². The normalized spacial score (nSPS) is 49.2. The SMILES string of the molecule is C=C1C[C@@H]2[C@@H](CC[C@]3(C)CCC[C@@H]23)[C@@]2(C)CCC(=O)C=C12. The summed E-state index contributed by atoms with van der Waals surface area (Å²) in [5, 5.41) is 0. The van der Waals surface area contributed by atoms with Crippen LogP contribution in [0.15, 0.2) is 23.8 Å². The van der Waals surface area contributed by atoms with Gasteiger partial charge in [0, 0.05) is 6.42 Å². The quantitative estimate of drug-likeness (QED) is 0.606. The zero-order chi connectivity index (χ0) is 14.8. The van der Waals surface area contributed by atoms with Crippen molar-refractivity contribution in [2.45, 2.75) is 65.2 Å². The summed E-state index contributed by atoms with van der Waals surface area (Å²) in [6.45, 7) is 9.36. The van der Waals surface area contributed by atoms with Crippen LogP contribution in [0.3, 0.4) is 0 Å². The van der Waals surface area contributed by atoms with Gasteiger partial charge in [0.1, 0.15) is 0 Å². The van der Waals surface area contributed by atoms with Gasteiger partial charge in [0.25, 0.3) is 0 Å². The molecular formula is C20H28O. The molecule has 0 aromatic carbocycles. The van der Waals surface area contributed by atoms with Crippen LogP contribution in [-0.4, -0.2) is 5.78 Å². The number of ketones is 1. The van der Waals surface area contributed by atoms with E-state index in [1.165, 1.54) is 43.3 Å². The van der Waals surface area contributed by atoms with Crippen molar-refractivity contribution in [3.63, 3.8) is 0 Å². The highest BCUT2D eigenvalue weighted by molar-refractivity contribution is 5.92. The van der Waals surface area contributed by atoms with E-state index < -0.39 is 0 Å². The number of hydrogen-bond donors (Lipinski definition) is 0. The summed E-state index contributed by atoms with van der Waals surface area (Å²) in [7, 11) is 0. The monoisotopic (exact) mass is 284 g/mol. The number of allylic oxidation sites excluding steroid dienone is 2. The summed E-state index contributed by atoms with van der Waals surface area (Å²) in [5.41, 5.74) is 3.44. The maximum absolute atomic E-state index is 11.9. The van der Waals surface area contributed by atoms with E-state index in [-0.39, 0.29) is 5.41 Å². The summed E-state index contributed by atoms with van der Waals surface area (Å²) in [4.78, 5) is 11.9. The van der Waals surface area contributed by atoms with E-state index in [1.807, 2.05) is 6.08 Å². The number of rotatable bonds is 0. The van der Waals surface area contributed by atoms with Crippen LogP contribution in [0.4, 0.5) is 0 Å². The topological polar surface area (TPSA) is 17.1 Å². The maximum Gasteiger partial charge on any atom is 0.156 e. The van der Waals surface area contributed by atoms with Gasteiger partial charge in [-0.15, -0.1) is 0 Å². The molecule has 4 aliphatic carbocycles. The van der Waals surface area contributed by atoms with Crippen LogP contribution in [-0.2, 0) is 4.79 Å². The van der Waals surface area contributed by atoms with Crippen LogP contribution in [0.1, 0.15) is 65.2 Å². The van der Waals surface area contributed by atoms with Gasteiger partial charge in [0.2, 0.25) is 0 Å². The molecule has 3 saturated carbocycles. The molecule has 1 nitrogen and oxygen atoms in total. The van der Waals surface area contributed by atoms with E-state index in [1.54, 1.807) is 0 Å². The molecule has 0 saturated heterocycles. The molecular weight excluding hydrogens is 256 g/mol. The molecule has 4 rings (SSSR count). The standard InChI is InChI=1S/C20H28O/c1-13-11-15-16-5-4-8-19(16,2)9-7-17(15)20(3)10-6-14(21)12-18(13)20/h12,15-17H,1,4-11H2,2-3H3/t15-,16-,17+,19-,20+/m0/s1. The van der Waals surface area contributed by atoms with Crippen molar-refractivity contribution in [3.05, 3.63) is 23.8 Å². The van der Waals surface area contributed by atoms with Crippen molar-refractivity contribution in [1.29, 1.82) is 0 Å². The molecule has 0 unspecified atom stereocenters. The predicted octanol–water partition coefficient (Wildman–Crippen LogP) is 5.07. The van der Waals surface area contributed by atoms with Crippen molar-refractivity contribution < 1.29 is 4.79 Å². The van der Waals surface area contributed by atoms with Crippen LogP contribution in [0.2, 0.25) is 0 Å². The van der Waals surface area contributed by atoms with Gasteiger partial charge in [-0.05, 0) is 78.8 Å². The van der Waals surface area contributed by atoms with Gasteiger partial charge in [-0.25, -0.2) is 0 Å². The third-order valence-electron chi connectivity index (χ3n) is 7.71. The van der Waals surface area contributed by atoms with Gasteiger partial charge >= 0.3 is 0 Å². The number of carbonyl (C=O) groups excluding carboxylic acids is 1. The van der Waals surface area contributed by atoms with Crippen LogP contribution in [0.5, 0.6) is 0 Å². The second-order valence-electron chi connectivity index (χ2n) is 8.71. The van der Waals surface area contributed by atoms with Gasteiger partial charge in [-0.1, -0.05) is 32.4 Å². The van der Waals surface area contributed by atoms with Crippen molar-refractivity contribution in [1.82, 2.24) is 0 Å². The first-order valence-corrected chi connectivity index (χ1v) is 8.87. The number of fused-ring (bicyclic) bond motifs is 5. The fourth-order valence-corrected chi connectivity index (χ4v) is 6.56. The summed E-state index contributed by atoms with van der Waals surface area (Å²) >= 11 is 0. The summed E-state index contributed by atoms with van der Waals surface area (Å²) in [6.07, 6.45) is 12.0. The minimum Gasteiger partial charge on any atom is -0.295 e. The van der Waals surface area contributed by atoms with Crippen LogP contribution in [0.25, 0.3) is 0 Å². The fourth-order valence-electron chi connectivity index (χ4n) is 6.56. The molecule has 0 amide bonds. The molecule has 0 aliphatic heterocycles. The Morgan fingerprint density at radius 3 is 2.76 bits per heavy atom. The fraction of sp³-hybridized carbons (Fsp3) is 0.750. The molecule has 3 fully saturated rings. The van der Waals surface area contributed by atoms with E-state index in [9.17, 15) is 4.79 Å². The Balaban J connectivity index is 1.75. The Kier molecular flexibility index (Phi) is 2.85. The average molecular weight is 284 g/mol. The minimum absolute atomic E-state index is 0.234. The zero-order valence-corrected chi connectivity index (χ0v) is 13.6. The third-order valence-corrected chi connectivity index (χ3v) is 7.71. The molecule has 4 aliphatic rings.